The first-order valence-electron chi connectivity index (χ1n) is 8.31. The highest BCUT2D eigenvalue weighted by atomic mass is 32.2. The van der Waals surface area contributed by atoms with Crippen molar-refractivity contribution in [1.29, 1.82) is 0 Å². The predicted molar refractivity (Wildman–Crippen MR) is 108 cm³/mol. The second-order valence-corrected chi connectivity index (χ2v) is 9.22. The molecular weight excluding hydrogens is 378 g/mol. The van der Waals surface area contributed by atoms with Crippen molar-refractivity contribution in [3.8, 4) is 0 Å². The summed E-state index contributed by atoms with van der Waals surface area (Å²) in [5, 5.41) is 0. The largest absolute Gasteiger partial charge is 0.282 e. The normalized spacial score (nSPS) is 13.0. The zero-order valence-electron chi connectivity index (χ0n) is 15.0. The van der Waals surface area contributed by atoms with Gasteiger partial charge in [0.25, 0.3) is 10.0 Å². The molecule has 0 saturated heterocycles. The molecule has 0 spiro atoms. The second kappa shape index (κ2) is 7.98. The van der Waals surface area contributed by atoms with Crippen molar-refractivity contribution in [2.75, 3.05) is 0 Å². The molecule has 1 atom stereocenters. The Morgan fingerprint density at radius 1 is 0.815 bits per heavy atom. The molecule has 0 N–H and O–H groups in total. The van der Waals surface area contributed by atoms with Gasteiger partial charge in [-0.1, -0.05) is 53.6 Å². The summed E-state index contributed by atoms with van der Waals surface area (Å²) in [6, 6.07) is 20.9. The van der Waals surface area contributed by atoms with Crippen molar-refractivity contribution in [3.05, 3.63) is 89.5 Å². The van der Waals surface area contributed by atoms with E-state index in [1.54, 1.807) is 36.4 Å². The van der Waals surface area contributed by atoms with Gasteiger partial charge in [-0.15, -0.1) is 0 Å². The van der Waals surface area contributed by atoms with Crippen molar-refractivity contribution in [3.63, 3.8) is 0 Å². The van der Waals surface area contributed by atoms with E-state index < -0.39 is 20.8 Å². The molecular formula is C21H19NO3S2. The SMILES string of the molecule is Cc1ccc([S@](=O)c2ccccc2/C=N/S(=O)(=O)c2ccc(C)cc2)cc1. The third kappa shape index (κ3) is 4.59. The molecule has 138 valence electrons. The van der Waals surface area contributed by atoms with Gasteiger partial charge in [-0.2, -0.15) is 12.8 Å². The van der Waals surface area contributed by atoms with Crippen LogP contribution in [0.3, 0.4) is 0 Å². The van der Waals surface area contributed by atoms with Gasteiger partial charge >= 0.3 is 0 Å². The summed E-state index contributed by atoms with van der Waals surface area (Å²) in [5.74, 6) is 0. The Balaban J connectivity index is 1.94. The number of benzene rings is 3. The number of sulfonamides is 1. The van der Waals surface area contributed by atoms with Crippen LogP contribution in [-0.4, -0.2) is 18.8 Å². The second-order valence-electron chi connectivity index (χ2n) is 6.14. The van der Waals surface area contributed by atoms with Crippen LogP contribution in [0, 0.1) is 13.8 Å². The molecule has 3 aromatic rings. The lowest BCUT2D eigenvalue weighted by Crippen LogP contribution is -2.01. The van der Waals surface area contributed by atoms with Crippen molar-refractivity contribution < 1.29 is 12.6 Å². The molecule has 6 heteroatoms. The maximum atomic E-state index is 12.9. The zero-order valence-corrected chi connectivity index (χ0v) is 16.6. The third-order valence-corrected chi connectivity index (χ3v) is 6.73. The first kappa shape index (κ1) is 19.2. The predicted octanol–water partition coefficient (Wildman–Crippen LogP) is 4.28. The molecule has 0 bridgehead atoms. The summed E-state index contributed by atoms with van der Waals surface area (Å²) in [4.78, 5) is 1.30. The van der Waals surface area contributed by atoms with Gasteiger partial charge in [0.1, 0.15) is 0 Å². The molecule has 0 aliphatic carbocycles. The maximum absolute atomic E-state index is 12.9. The van der Waals surface area contributed by atoms with Crippen LogP contribution in [0.2, 0.25) is 0 Å². The smallest absolute Gasteiger partial charge is 0.249 e. The lowest BCUT2D eigenvalue weighted by Gasteiger charge is -2.06. The molecule has 0 fully saturated rings. The number of aryl methyl sites for hydroxylation is 2. The molecule has 0 radical (unpaired) electrons. The van der Waals surface area contributed by atoms with Crippen LogP contribution in [0.5, 0.6) is 0 Å². The molecule has 4 nitrogen and oxygen atoms in total. The maximum Gasteiger partial charge on any atom is 0.282 e. The Morgan fingerprint density at radius 3 is 2.00 bits per heavy atom. The van der Waals surface area contributed by atoms with E-state index in [2.05, 4.69) is 4.40 Å². The standard InChI is InChI=1S/C21H19NO3S2/c1-16-7-11-19(12-8-16)26(23)21-6-4-3-5-18(21)15-22-27(24,25)20-13-9-17(2)10-14-20/h3-15H,1-2H3/b22-15+/t26-/m0/s1. The van der Waals surface area contributed by atoms with Crippen LogP contribution in [-0.2, 0) is 20.8 Å². The Kier molecular flexibility index (Phi) is 5.68. The molecule has 0 aliphatic rings. The van der Waals surface area contributed by atoms with Crippen molar-refractivity contribution in [1.82, 2.24) is 0 Å². The quantitative estimate of drug-likeness (QED) is 0.604. The first-order valence-corrected chi connectivity index (χ1v) is 10.9. The van der Waals surface area contributed by atoms with Gasteiger partial charge in [0.2, 0.25) is 0 Å². The average Bonchev–Trinajstić information content (AvgIpc) is 2.67. The van der Waals surface area contributed by atoms with Crippen LogP contribution in [0.1, 0.15) is 16.7 Å². The third-order valence-electron chi connectivity index (χ3n) is 4.00. The Morgan fingerprint density at radius 2 is 1.37 bits per heavy atom. The lowest BCUT2D eigenvalue weighted by molar-refractivity contribution is 0.598. The van der Waals surface area contributed by atoms with Crippen LogP contribution in [0.4, 0.5) is 0 Å². The van der Waals surface area contributed by atoms with Gasteiger partial charge in [-0.3, -0.25) is 0 Å². The molecule has 0 saturated carbocycles. The Bertz CT molecular complexity index is 1100. The van der Waals surface area contributed by atoms with Crippen molar-refractivity contribution >= 4 is 27.0 Å². The fourth-order valence-electron chi connectivity index (χ4n) is 2.44. The van der Waals surface area contributed by atoms with Crippen molar-refractivity contribution in [2.24, 2.45) is 4.40 Å². The summed E-state index contributed by atoms with van der Waals surface area (Å²) in [6.45, 7) is 3.85. The van der Waals surface area contributed by atoms with Gasteiger partial charge in [0.05, 0.1) is 20.6 Å². The Labute approximate surface area is 162 Å². The van der Waals surface area contributed by atoms with E-state index in [1.165, 1.54) is 18.3 Å². The molecule has 0 aromatic heterocycles. The minimum Gasteiger partial charge on any atom is -0.249 e. The van der Waals surface area contributed by atoms with Gasteiger partial charge in [0.15, 0.2) is 0 Å². The van der Waals surface area contributed by atoms with E-state index in [0.717, 1.165) is 11.1 Å². The van der Waals surface area contributed by atoms with Crippen LogP contribution < -0.4 is 0 Å². The summed E-state index contributed by atoms with van der Waals surface area (Å²) in [5.41, 5.74) is 2.55. The minimum absolute atomic E-state index is 0.126. The average molecular weight is 398 g/mol. The summed E-state index contributed by atoms with van der Waals surface area (Å²) < 4.78 is 41.6. The number of rotatable bonds is 5. The monoisotopic (exact) mass is 397 g/mol. The molecule has 0 aliphatic heterocycles. The minimum atomic E-state index is -3.82. The summed E-state index contributed by atoms with van der Waals surface area (Å²) in [6.07, 6.45) is 1.26. The van der Waals surface area contributed by atoms with E-state index in [9.17, 15) is 12.6 Å². The molecule has 0 amide bonds. The zero-order chi connectivity index (χ0) is 19.4. The highest BCUT2D eigenvalue weighted by Gasteiger charge is 2.14. The summed E-state index contributed by atoms with van der Waals surface area (Å²) in [7, 11) is -5.25. The van der Waals surface area contributed by atoms with Gasteiger partial charge in [-0.25, -0.2) is 4.21 Å². The molecule has 27 heavy (non-hydrogen) atoms. The summed E-state index contributed by atoms with van der Waals surface area (Å²) >= 11 is 0. The fraction of sp³-hybridized carbons (Fsp3) is 0.0952. The lowest BCUT2D eigenvalue weighted by atomic mass is 10.2. The first-order chi connectivity index (χ1) is 12.9. The highest BCUT2D eigenvalue weighted by molar-refractivity contribution is 7.90. The molecule has 0 unspecified atom stereocenters. The van der Waals surface area contributed by atoms with Gasteiger partial charge in [0, 0.05) is 16.7 Å². The van der Waals surface area contributed by atoms with Crippen LogP contribution in [0.15, 0.2) is 91.9 Å². The van der Waals surface area contributed by atoms with E-state index in [0.29, 0.717) is 15.4 Å². The molecule has 0 heterocycles. The van der Waals surface area contributed by atoms with Gasteiger partial charge in [-0.05, 0) is 44.2 Å². The Hall–Kier alpha value is -2.57. The van der Waals surface area contributed by atoms with E-state index in [1.807, 2.05) is 38.1 Å². The molecule has 3 rings (SSSR count). The number of nitrogens with zero attached hydrogens (tertiary/aromatic N) is 1. The molecule has 3 aromatic carbocycles. The number of hydrogen-bond acceptors (Lipinski definition) is 3. The fourth-order valence-corrected chi connectivity index (χ4v) is 4.47. The number of hydrogen-bond donors (Lipinski definition) is 0. The topological polar surface area (TPSA) is 63.6 Å². The van der Waals surface area contributed by atoms with Crippen LogP contribution in [0.25, 0.3) is 0 Å². The van der Waals surface area contributed by atoms with Gasteiger partial charge < -0.3 is 0 Å². The van der Waals surface area contributed by atoms with Crippen molar-refractivity contribution in [2.45, 2.75) is 28.5 Å². The highest BCUT2D eigenvalue weighted by Crippen LogP contribution is 2.20. The van der Waals surface area contributed by atoms with Crippen LogP contribution >= 0.6 is 0 Å². The van der Waals surface area contributed by atoms with E-state index >= 15 is 0 Å². The van der Waals surface area contributed by atoms with E-state index in [-0.39, 0.29) is 4.90 Å². The van der Waals surface area contributed by atoms with E-state index in [4.69, 9.17) is 0 Å².